The van der Waals surface area contributed by atoms with Gasteiger partial charge in [0.15, 0.2) is 11.5 Å². The van der Waals surface area contributed by atoms with Crippen LogP contribution in [0.15, 0.2) is 23.8 Å². The van der Waals surface area contributed by atoms with E-state index in [1.54, 1.807) is 13.0 Å². The number of benzene rings is 1. The van der Waals surface area contributed by atoms with Crippen molar-refractivity contribution in [2.75, 3.05) is 59.7 Å². The number of aldehydes is 1. The first-order valence-electron chi connectivity index (χ1n) is 13.1. The van der Waals surface area contributed by atoms with Crippen molar-refractivity contribution in [1.29, 1.82) is 0 Å². The van der Waals surface area contributed by atoms with Crippen LogP contribution in [0.5, 0.6) is 11.5 Å². The molecule has 0 spiro atoms. The van der Waals surface area contributed by atoms with Crippen LogP contribution in [-0.4, -0.2) is 122 Å². The summed E-state index contributed by atoms with van der Waals surface area (Å²) in [5.74, 6) is -1.32. The Hall–Kier alpha value is -2.59. The molecule has 3 atom stereocenters. The van der Waals surface area contributed by atoms with Gasteiger partial charge in [-0.1, -0.05) is 6.92 Å². The number of nitrogens with zero attached hydrogens (tertiary/aromatic N) is 2. The Morgan fingerprint density at radius 2 is 2.00 bits per heavy atom. The standard InChI is InChI=1S/C27H36IN3O9/c1-3-21(34)27(37)31(6-5-30-7-10-39-11-8-30)20-14-18(26(36)29-4-9-32)15-22(24(20)35)40-25-19(28)12-17(16-33)13-23(25)38-2/h12-13,15-16,20,22,24,32,35H,3-11,14H2,1-2H3,(H,29,36)/t20-,22+,24+/m1/s1. The molecule has 0 unspecified atom stereocenters. The van der Waals surface area contributed by atoms with Crippen molar-refractivity contribution in [1.82, 2.24) is 15.1 Å². The first-order valence-corrected chi connectivity index (χ1v) is 14.2. The van der Waals surface area contributed by atoms with Crippen LogP contribution < -0.4 is 14.8 Å². The molecule has 40 heavy (non-hydrogen) atoms. The van der Waals surface area contributed by atoms with Crippen molar-refractivity contribution in [2.24, 2.45) is 0 Å². The summed E-state index contributed by atoms with van der Waals surface area (Å²) < 4.78 is 17.5. The van der Waals surface area contributed by atoms with Gasteiger partial charge in [-0.05, 0) is 40.8 Å². The summed E-state index contributed by atoms with van der Waals surface area (Å²) in [4.78, 5) is 53.6. The molecule has 0 saturated carbocycles. The number of hydrogen-bond acceptors (Lipinski definition) is 10. The van der Waals surface area contributed by atoms with E-state index in [9.17, 15) is 29.4 Å². The third kappa shape index (κ3) is 8.00. The van der Waals surface area contributed by atoms with Crippen LogP contribution >= 0.6 is 22.6 Å². The average molecular weight is 674 g/mol. The van der Waals surface area contributed by atoms with E-state index < -0.39 is 35.8 Å². The van der Waals surface area contributed by atoms with Gasteiger partial charge in [0.1, 0.15) is 18.5 Å². The van der Waals surface area contributed by atoms with E-state index in [2.05, 4.69) is 10.2 Å². The first-order chi connectivity index (χ1) is 19.2. The highest BCUT2D eigenvalue weighted by Gasteiger charge is 2.42. The minimum Gasteiger partial charge on any atom is -0.493 e. The number of ether oxygens (including phenoxy) is 3. The fourth-order valence-electron chi connectivity index (χ4n) is 4.64. The molecule has 1 fully saturated rings. The van der Waals surface area contributed by atoms with E-state index in [0.29, 0.717) is 48.3 Å². The monoisotopic (exact) mass is 673 g/mol. The molecule has 0 radical (unpaired) electrons. The molecular formula is C27H36IN3O9. The van der Waals surface area contributed by atoms with Gasteiger partial charge in [0.05, 0.1) is 36.5 Å². The Balaban J connectivity index is 1.98. The van der Waals surface area contributed by atoms with Crippen molar-refractivity contribution in [3.63, 3.8) is 0 Å². The maximum atomic E-state index is 13.3. The number of carbonyl (C=O) groups is 4. The molecule has 1 aromatic carbocycles. The van der Waals surface area contributed by atoms with Crippen molar-refractivity contribution < 1.29 is 43.6 Å². The second kappa shape index (κ2) is 15.4. The van der Waals surface area contributed by atoms with Crippen molar-refractivity contribution in [3.05, 3.63) is 32.9 Å². The minimum atomic E-state index is -1.31. The SMILES string of the molecule is CCC(=O)C(=O)N(CCN1CCOCC1)[C@@H]1CC(C(=O)NCCO)=C[C@H](Oc2c(I)cc(C=O)cc2OC)[C@H]1O. The zero-order valence-corrected chi connectivity index (χ0v) is 24.8. The zero-order chi connectivity index (χ0) is 29.2. The summed E-state index contributed by atoms with van der Waals surface area (Å²) in [5.41, 5.74) is 0.605. The topological polar surface area (TPSA) is 155 Å². The van der Waals surface area contributed by atoms with Crippen LogP contribution in [0, 0.1) is 3.57 Å². The Bertz CT molecular complexity index is 1110. The second-order valence-corrected chi connectivity index (χ2v) is 10.6. The molecule has 2 aliphatic rings. The maximum absolute atomic E-state index is 13.3. The molecule has 12 nitrogen and oxygen atoms in total. The summed E-state index contributed by atoms with van der Waals surface area (Å²) in [5, 5.41) is 23.3. The molecular weight excluding hydrogens is 637 g/mol. The molecule has 3 N–H and O–H groups in total. The molecule has 1 heterocycles. The van der Waals surface area contributed by atoms with E-state index in [4.69, 9.17) is 14.2 Å². The van der Waals surface area contributed by atoms with E-state index in [1.807, 2.05) is 22.6 Å². The van der Waals surface area contributed by atoms with Gasteiger partial charge in [0.25, 0.3) is 5.91 Å². The molecule has 1 aliphatic heterocycles. The van der Waals surface area contributed by atoms with Crippen LogP contribution in [0.3, 0.4) is 0 Å². The van der Waals surface area contributed by atoms with Gasteiger partial charge < -0.3 is 34.6 Å². The molecule has 0 aromatic heterocycles. The van der Waals surface area contributed by atoms with Gasteiger partial charge in [-0.25, -0.2) is 0 Å². The van der Waals surface area contributed by atoms with Gasteiger partial charge in [-0.3, -0.25) is 24.1 Å². The van der Waals surface area contributed by atoms with Gasteiger partial charge in [-0.2, -0.15) is 0 Å². The van der Waals surface area contributed by atoms with E-state index in [-0.39, 0.29) is 49.6 Å². The molecule has 1 aliphatic carbocycles. The lowest BCUT2D eigenvalue weighted by Gasteiger charge is -2.41. The van der Waals surface area contributed by atoms with Gasteiger partial charge in [0.2, 0.25) is 11.7 Å². The number of morpholine rings is 1. The van der Waals surface area contributed by atoms with Gasteiger partial charge in [0, 0.05) is 56.7 Å². The number of nitrogens with one attached hydrogen (secondary N) is 1. The number of Topliss-reactive ketones (excluding diaryl/α,β-unsaturated/α-hetero) is 1. The van der Waals surface area contributed by atoms with E-state index >= 15 is 0 Å². The largest absolute Gasteiger partial charge is 0.493 e. The number of methoxy groups -OCH3 is 1. The number of halogens is 1. The van der Waals surface area contributed by atoms with E-state index in [1.165, 1.54) is 24.2 Å². The molecule has 1 aromatic rings. The summed E-state index contributed by atoms with van der Waals surface area (Å²) in [6.45, 7) is 4.42. The quantitative estimate of drug-likeness (QED) is 0.150. The number of ketones is 1. The lowest BCUT2D eigenvalue weighted by atomic mass is 9.87. The fourth-order valence-corrected chi connectivity index (χ4v) is 5.39. The third-order valence-corrected chi connectivity index (χ3v) is 7.64. The number of hydrogen-bond donors (Lipinski definition) is 3. The Kier molecular flexibility index (Phi) is 12.3. The minimum absolute atomic E-state index is 0.00616. The molecule has 220 valence electrons. The molecule has 2 amide bonds. The normalized spacial score (nSPS) is 21.2. The first kappa shape index (κ1) is 31.9. The summed E-state index contributed by atoms with van der Waals surface area (Å²) in [7, 11) is 1.42. The van der Waals surface area contributed by atoms with Crippen molar-refractivity contribution in [3.8, 4) is 11.5 Å². The molecule has 0 bridgehead atoms. The summed E-state index contributed by atoms with van der Waals surface area (Å²) >= 11 is 1.98. The van der Waals surface area contributed by atoms with Crippen LogP contribution in [0.4, 0.5) is 0 Å². The van der Waals surface area contributed by atoms with Crippen molar-refractivity contribution >= 4 is 46.5 Å². The van der Waals surface area contributed by atoms with Gasteiger partial charge >= 0.3 is 0 Å². The lowest BCUT2D eigenvalue weighted by molar-refractivity contribution is -0.149. The Morgan fingerprint density at radius 3 is 2.62 bits per heavy atom. The smallest absolute Gasteiger partial charge is 0.290 e. The Morgan fingerprint density at radius 1 is 1.27 bits per heavy atom. The molecule has 1 saturated heterocycles. The number of aliphatic hydroxyl groups excluding tert-OH is 2. The maximum Gasteiger partial charge on any atom is 0.290 e. The third-order valence-electron chi connectivity index (χ3n) is 6.84. The van der Waals surface area contributed by atoms with Gasteiger partial charge in [-0.15, -0.1) is 0 Å². The zero-order valence-electron chi connectivity index (χ0n) is 22.6. The highest BCUT2D eigenvalue weighted by Crippen LogP contribution is 2.37. The highest BCUT2D eigenvalue weighted by molar-refractivity contribution is 14.1. The van der Waals surface area contributed by atoms with Crippen LogP contribution in [0.2, 0.25) is 0 Å². The number of carbonyl (C=O) groups excluding carboxylic acids is 4. The number of rotatable bonds is 13. The Labute approximate surface area is 246 Å². The second-order valence-electron chi connectivity index (χ2n) is 9.40. The molecule has 13 heteroatoms. The predicted molar refractivity (Wildman–Crippen MR) is 152 cm³/mol. The summed E-state index contributed by atoms with van der Waals surface area (Å²) in [6.07, 6.45) is -0.293. The van der Waals surface area contributed by atoms with Crippen molar-refractivity contribution in [2.45, 2.75) is 38.0 Å². The average Bonchev–Trinajstić information content (AvgIpc) is 2.97. The molecule has 3 rings (SSSR count). The van der Waals surface area contributed by atoms with Crippen LogP contribution in [0.25, 0.3) is 0 Å². The van der Waals surface area contributed by atoms with Crippen LogP contribution in [0.1, 0.15) is 30.1 Å². The van der Waals surface area contributed by atoms with E-state index in [0.717, 1.165) is 0 Å². The lowest BCUT2D eigenvalue weighted by Crippen LogP contribution is -2.58. The number of amides is 2. The summed E-state index contributed by atoms with van der Waals surface area (Å²) in [6, 6.07) is 2.13. The number of aliphatic hydroxyl groups is 2. The fraction of sp³-hybridized carbons (Fsp3) is 0.556. The van der Waals surface area contributed by atoms with Crippen LogP contribution in [-0.2, 0) is 19.1 Å². The highest BCUT2D eigenvalue weighted by atomic mass is 127. The predicted octanol–water partition coefficient (Wildman–Crippen LogP) is 0.168.